The molecule has 2 N–H and O–H groups in total. The molecule has 2 fully saturated rings. The van der Waals surface area contributed by atoms with Gasteiger partial charge < -0.3 is 25.0 Å². The first kappa shape index (κ1) is 22.3. The molecular weight excluding hydrogens is 386 g/mol. The van der Waals surface area contributed by atoms with Gasteiger partial charge in [-0.3, -0.25) is 4.99 Å². The molecule has 8 heteroatoms. The second-order valence-corrected chi connectivity index (χ2v) is 8.57. The van der Waals surface area contributed by atoms with Crippen LogP contribution in [0.25, 0.3) is 0 Å². The number of hydrogen-bond donors (Lipinski definition) is 2. The summed E-state index contributed by atoms with van der Waals surface area (Å²) in [5.41, 5.74) is 1.17. The van der Waals surface area contributed by atoms with E-state index >= 15 is 0 Å². The van der Waals surface area contributed by atoms with Crippen molar-refractivity contribution in [3.05, 3.63) is 11.1 Å². The number of aliphatic imine (C=N–C) groups is 1. The molecule has 1 aromatic heterocycles. The third-order valence-corrected chi connectivity index (χ3v) is 6.30. The zero-order valence-electron chi connectivity index (χ0n) is 17.8. The monoisotopic (exact) mass is 423 g/mol. The Kier molecular flexibility index (Phi) is 10.0. The minimum absolute atomic E-state index is 0.669. The van der Waals surface area contributed by atoms with Crippen LogP contribution in [0.4, 0.5) is 5.13 Å². The molecule has 0 aromatic carbocycles. The van der Waals surface area contributed by atoms with E-state index in [1.54, 1.807) is 11.3 Å². The number of thiazole rings is 1. The van der Waals surface area contributed by atoms with Crippen LogP contribution >= 0.6 is 11.3 Å². The van der Waals surface area contributed by atoms with Crippen molar-refractivity contribution in [3.8, 4) is 0 Å². The molecule has 0 bridgehead atoms. The average molecular weight is 424 g/mol. The molecule has 0 aliphatic carbocycles. The number of ether oxygens (including phenoxy) is 2. The standard InChI is InChI=1S/C21H37N5O2S/c1-2-22-20(23-9-5-13-28-16-18-7-14-27-15-8-18)24-10-6-19-17-29-21(25-19)26-11-3-4-12-26/h17-18H,2-16H2,1H3,(H2,22,23,24). The molecule has 0 unspecified atom stereocenters. The molecule has 2 aliphatic rings. The van der Waals surface area contributed by atoms with Crippen LogP contribution in [0, 0.1) is 5.92 Å². The van der Waals surface area contributed by atoms with E-state index in [9.17, 15) is 0 Å². The highest BCUT2D eigenvalue weighted by Crippen LogP contribution is 2.24. The Morgan fingerprint density at radius 2 is 2.14 bits per heavy atom. The molecule has 3 rings (SSSR count). The first-order valence-corrected chi connectivity index (χ1v) is 12.1. The topological polar surface area (TPSA) is 71.0 Å². The molecule has 0 spiro atoms. The Morgan fingerprint density at radius 3 is 2.93 bits per heavy atom. The third kappa shape index (κ3) is 8.10. The SMILES string of the molecule is CCNC(=NCCCOCC1CCOCC1)NCCc1csc(N2CCCC2)n1. The highest BCUT2D eigenvalue weighted by molar-refractivity contribution is 7.13. The van der Waals surface area contributed by atoms with Crippen molar-refractivity contribution in [1.29, 1.82) is 0 Å². The minimum atomic E-state index is 0.669. The second-order valence-electron chi connectivity index (χ2n) is 7.74. The van der Waals surface area contributed by atoms with Gasteiger partial charge in [0.15, 0.2) is 11.1 Å². The minimum Gasteiger partial charge on any atom is -0.381 e. The Bertz CT molecular complexity index is 598. The molecule has 164 valence electrons. The van der Waals surface area contributed by atoms with Crippen LogP contribution in [0.5, 0.6) is 0 Å². The molecule has 7 nitrogen and oxygen atoms in total. The lowest BCUT2D eigenvalue weighted by Gasteiger charge is -2.21. The number of aromatic nitrogens is 1. The van der Waals surface area contributed by atoms with Crippen molar-refractivity contribution in [1.82, 2.24) is 15.6 Å². The zero-order chi connectivity index (χ0) is 20.2. The lowest BCUT2D eigenvalue weighted by Crippen LogP contribution is -2.38. The van der Waals surface area contributed by atoms with Crippen molar-refractivity contribution in [2.24, 2.45) is 10.9 Å². The van der Waals surface area contributed by atoms with Crippen LogP contribution in [0.3, 0.4) is 0 Å². The fourth-order valence-corrected chi connectivity index (χ4v) is 4.55. The maximum Gasteiger partial charge on any atom is 0.191 e. The van der Waals surface area contributed by atoms with Crippen LogP contribution in [0.1, 0.15) is 44.7 Å². The highest BCUT2D eigenvalue weighted by Gasteiger charge is 2.15. The predicted molar refractivity (Wildman–Crippen MR) is 120 cm³/mol. The molecule has 0 saturated carbocycles. The van der Waals surface area contributed by atoms with Crippen molar-refractivity contribution >= 4 is 22.4 Å². The van der Waals surface area contributed by atoms with Gasteiger partial charge in [-0.2, -0.15) is 0 Å². The quantitative estimate of drug-likeness (QED) is 0.324. The van der Waals surface area contributed by atoms with Gasteiger partial charge in [0, 0.05) is 71.0 Å². The molecule has 0 atom stereocenters. The van der Waals surface area contributed by atoms with Gasteiger partial charge in [0.05, 0.1) is 5.69 Å². The number of nitrogens with one attached hydrogen (secondary N) is 2. The van der Waals surface area contributed by atoms with Gasteiger partial charge in [0.1, 0.15) is 0 Å². The van der Waals surface area contributed by atoms with E-state index in [0.717, 1.165) is 90.8 Å². The van der Waals surface area contributed by atoms with Crippen LogP contribution < -0.4 is 15.5 Å². The highest BCUT2D eigenvalue weighted by atomic mass is 32.1. The zero-order valence-corrected chi connectivity index (χ0v) is 18.6. The van der Waals surface area contributed by atoms with E-state index in [1.807, 2.05) is 0 Å². The molecule has 0 radical (unpaired) electrons. The van der Waals surface area contributed by atoms with Crippen LogP contribution in [-0.2, 0) is 15.9 Å². The van der Waals surface area contributed by atoms with Crippen molar-refractivity contribution in [3.63, 3.8) is 0 Å². The lowest BCUT2D eigenvalue weighted by atomic mass is 10.0. The Labute approximate surface area is 179 Å². The number of guanidine groups is 1. The summed E-state index contributed by atoms with van der Waals surface area (Å²) in [6, 6.07) is 0. The predicted octanol–water partition coefficient (Wildman–Crippen LogP) is 2.67. The van der Waals surface area contributed by atoms with Crippen LogP contribution in [0.15, 0.2) is 10.4 Å². The lowest BCUT2D eigenvalue weighted by molar-refractivity contribution is 0.0205. The summed E-state index contributed by atoms with van der Waals surface area (Å²) < 4.78 is 11.2. The van der Waals surface area contributed by atoms with Crippen molar-refractivity contribution < 1.29 is 9.47 Å². The molecule has 2 saturated heterocycles. The van der Waals surface area contributed by atoms with E-state index in [-0.39, 0.29) is 0 Å². The van der Waals surface area contributed by atoms with Gasteiger partial charge in [0.25, 0.3) is 0 Å². The second kappa shape index (κ2) is 13.0. The van der Waals surface area contributed by atoms with E-state index in [1.165, 1.54) is 23.7 Å². The van der Waals surface area contributed by atoms with Gasteiger partial charge in [-0.05, 0) is 44.9 Å². The summed E-state index contributed by atoms with van der Waals surface area (Å²) >= 11 is 1.77. The first-order chi connectivity index (χ1) is 14.3. The normalized spacial score (nSPS) is 18.4. The molecule has 3 heterocycles. The number of anilines is 1. The van der Waals surface area contributed by atoms with E-state index in [2.05, 4.69) is 32.8 Å². The number of nitrogens with zero attached hydrogens (tertiary/aromatic N) is 3. The van der Waals surface area contributed by atoms with Gasteiger partial charge >= 0.3 is 0 Å². The first-order valence-electron chi connectivity index (χ1n) is 11.2. The molecule has 1 aromatic rings. The molecule has 29 heavy (non-hydrogen) atoms. The molecular formula is C21H37N5O2S. The largest absolute Gasteiger partial charge is 0.381 e. The van der Waals surface area contributed by atoms with E-state index in [0.29, 0.717) is 5.92 Å². The van der Waals surface area contributed by atoms with E-state index < -0.39 is 0 Å². The summed E-state index contributed by atoms with van der Waals surface area (Å²) in [5.74, 6) is 1.55. The van der Waals surface area contributed by atoms with E-state index in [4.69, 9.17) is 14.5 Å². The summed E-state index contributed by atoms with van der Waals surface area (Å²) in [4.78, 5) is 11.9. The van der Waals surface area contributed by atoms with Crippen LogP contribution in [-0.4, -0.2) is 70.1 Å². The molecule has 0 amide bonds. The summed E-state index contributed by atoms with van der Waals surface area (Å²) in [5, 5.41) is 10.1. The summed E-state index contributed by atoms with van der Waals surface area (Å²) in [7, 11) is 0. The fraction of sp³-hybridized carbons (Fsp3) is 0.810. The van der Waals surface area contributed by atoms with Crippen molar-refractivity contribution in [2.45, 2.75) is 45.4 Å². The Hall–Kier alpha value is -1.38. The Balaban J connectivity index is 1.29. The number of hydrogen-bond acceptors (Lipinski definition) is 6. The van der Waals surface area contributed by atoms with Gasteiger partial charge in [-0.15, -0.1) is 11.3 Å². The third-order valence-electron chi connectivity index (χ3n) is 5.35. The number of rotatable bonds is 11. The fourth-order valence-electron chi connectivity index (χ4n) is 3.64. The van der Waals surface area contributed by atoms with Crippen molar-refractivity contribution in [2.75, 3.05) is 64.1 Å². The summed E-state index contributed by atoms with van der Waals surface area (Å²) in [6.45, 7) is 10.3. The maximum absolute atomic E-state index is 5.82. The van der Waals surface area contributed by atoms with Gasteiger partial charge in [0.2, 0.25) is 0 Å². The molecule has 2 aliphatic heterocycles. The Morgan fingerprint density at radius 1 is 1.31 bits per heavy atom. The smallest absolute Gasteiger partial charge is 0.191 e. The summed E-state index contributed by atoms with van der Waals surface area (Å²) in [6.07, 6.45) is 6.71. The maximum atomic E-state index is 5.82. The van der Waals surface area contributed by atoms with Gasteiger partial charge in [-0.25, -0.2) is 4.98 Å². The van der Waals surface area contributed by atoms with Crippen LogP contribution in [0.2, 0.25) is 0 Å². The van der Waals surface area contributed by atoms with Gasteiger partial charge in [-0.1, -0.05) is 0 Å². The average Bonchev–Trinajstić information content (AvgIpc) is 3.43.